The average Bonchev–Trinajstić information content (AvgIpc) is 2.92. The van der Waals surface area contributed by atoms with Crippen molar-refractivity contribution >= 4 is 28.4 Å². The fraction of sp³-hybridized carbons (Fsp3) is 0.0625. The second-order valence-electron chi connectivity index (χ2n) is 4.53. The number of thioether (sulfide) groups is 1. The third-order valence-electron chi connectivity index (χ3n) is 3.14. The van der Waals surface area contributed by atoms with E-state index < -0.39 is 11.6 Å². The van der Waals surface area contributed by atoms with E-state index in [0.717, 1.165) is 40.9 Å². The molecule has 1 aromatic heterocycles. The van der Waals surface area contributed by atoms with Gasteiger partial charge < -0.3 is 4.98 Å². The molecule has 0 fully saturated rings. The molecule has 0 amide bonds. The lowest BCUT2D eigenvalue weighted by atomic mass is 10.1. The number of carbonyl (C=O) groups excluding carboxylic acids is 1. The molecule has 106 valence electrons. The predicted molar refractivity (Wildman–Crippen MR) is 79.7 cm³/mol. The number of halogens is 2. The number of nitrogens with one attached hydrogen (secondary N) is 1. The lowest BCUT2D eigenvalue weighted by molar-refractivity contribution is 0.102. The number of para-hydroxylation sites is 1. The third kappa shape index (κ3) is 2.83. The van der Waals surface area contributed by atoms with Crippen LogP contribution in [0.3, 0.4) is 0 Å². The molecule has 0 unspecified atom stereocenters. The van der Waals surface area contributed by atoms with Gasteiger partial charge in [0.25, 0.3) is 0 Å². The van der Waals surface area contributed by atoms with E-state index in [1.54, 1.807) is 6.20 Å². The zero-order chi connectivity index (χ0) is 14.8. The summed E-state index contributed by atoms with van der Waals surface area (Å²) in [6.07, 6.45) is 1.65. The van der Waals surface area contributed by atoms with E-state index in [2.05, 4.69) is 4.98 Å². The summed E-state index contributed by atoms with van der Waals surface area (Å²) >= 11 is 0.998. The second kappa shape index (κ2) is 5.69. The molecule has 0 bridgehead atoms. The van der Waals surface area contributed by atoms with Gasteiger partial charge in [-0.3, -0.25) is 4.79 Å². The molecule has 0 spiro atoms. The van der Waals surface area contributed by atoms with Crippen LogP contribution < -0.4 is 0 Å². The Morgan fingerprint density at radius 3 is 2.81 bits per heavy atom. The summed E-state index contributed by atoms with van der Waals surface area (Å²) < 4.78 is 26.6. The zero-order valence-corrected chi connectivity index (χ0v) is 11.7. The van der Waals surface area contributed by atoms with Gasteiger partial charge in [0.2, 0.25) is 0 Å². The van der Waals surface area contributed by atoms with Crippen molar-refractivity contribution in [1.29, 1.82) is 0 Å². The van der Waals surface area contributed by atoms with Crippen LogP contribution in [-0.4, -0.2) is 16.5 Å². The molecule has 0 saturated carbocycles. The minimum Gasteiger partial charge on any atom is -0.360 e. The van der Waals surface area contributed by atoms with E-state index in [9.17, 15) is 13.6 Å². The van der Waals surface area contributed by atoms with Crippen LogP contribution in [-0.2, 0) is 0 Å². The molecule has 2 aromatic carbocycles. The lowest BCUT2D eigenvalue weighted by Gasteiger charge is -2.03. The van der Waals surface area contributed by atoms with Crippen LogP contribution in [0, 0.1) is 11.6 Å². The van der Waals surface area contributed by atoms with Gasteiger partial charge in [-0.25, -0.2) is 8.78 Å². The first kappa shape index (κ1) is 13.8. The standard InChI is InChI=1S/C16H11F2NOS/c17-10-5-6-13(18)16(7-10)21-9-15(20)12-8-19-14-4-2-1-3-11(12)14/h1-8,19H,9H2. The van der Waals surface area contributed by atoms with Gasteiger partial charge >= 0.3 is 0 Å². The normalized spacial score (nSPS) is 11.0. The minimum absolute atomic E-state index is 0.0578. The number of H-pyrrole nitrogens is 1. The molecular weight excluding hydrogens is 292 g/mol. The Kier molecular flexibility index (Phi) is 3.75. The van der Waals surface area contributed by atoms with Gasteiger partial charge in [0, 0.05) is 27.6 Å². The van der Waals surface area contributed by atoms with E-state index in [0.29, 0.717) is 5.56 Å². The predicted octanol–water partition coefficient (Wildman–Crippen LogP) is 4.42. The van der Waals surface area contributed by atoms with Crippen LogP contribution in [0.1, 0.15) is 10.4 Å². The highest BCUT2D eigenvalue weighted by Crippen LogP contribution is 2.25. The van der Waals surface area contributed by atoms with Crippen molar-refractivity contribution in [3.8, 4) is 0 Å². The highest BCUT2D eigenvalue weighted by Gasteiger charge is 2.13. The number of benzene rings is 2. The van der Waals surface area contributed by atoms with Crippen molar-refractivity contribution in [2.45, 2.75) is 4.90 Å². The molecule has 3 aromatic rings. The highest BCUT2D eigenvalue weighted by molar-refractivity contribution is 8.00. The topological polar surface area (TPSA) is 32.9 Å². The van der Waals surface area contributed by atoms with Crippen LogP contribution in [0.5, 0.6) is 0 Å². The summed E-state index contributed by atoms with van der Waals surface area (Å²) in [6.45, 7) is 0. The van der Waals surface area contributed by atoms with Gasteiger partial charge in [-0.15, -0.1) is 11.8 Å². The maximum Gasteiger partial charge on any atom is 0.175 e. The lowest BCUT2D eigenvalue weighted by Crippen LogP contribution is -2.01. The summed E-state index contributed by atoms with van der Waals surface area (Å²) in [5.41, 5.74) is 1.44. The van der Waals surface area contributed by atoms with Gasteiger partial charge in [0.1, 0.15) is 11.6 Å². The quantitative estimate of drug-likeness (QED) is 0.571. The Bertz CT molecular complexity index is 813. The maximum absolute atomic E-state index is 13.5. The van der Waals surface area contributed by atoms with Crippen molar-refractivity contribution < 1.29 is 13.6 Å². The molecule has 0 atom stereocenters. The molecule has 1 N–H and O–H groups in total. The zero-order valence-electron chi connectivity index (χ0n) is 10.9. The van der Waals surface area contributed by atoms with E-state index >= 15 is 0 Å². The van der Waals surface area contributed by atoms with E-state index in [1.165, 1.54) is 0 Å². The smallest absolute Gasteiger partial charge is 0.175 e. The number of carbonyl (C=O) groups is 1. The van der Waals surface area contributed by atoms with E-state index in [1.807, 2.05) is 24.3 Å². The first-order valence-corrected chi connectivity index (χ1v) is 7.31. The Hall–Kier alpha value is -2.14. The molecule has 21 heavy (non-hydrogen) atoms. The minimum atomic E-state index is -0.520. The average molecular weight is 303 g/mol. The van der Waals surface area contributed by atoms with Crippen LogP contribution >= 0.6 is 11.8 Å². The second-order valence-corrected chi connectivity index (χ2v) is 5.55. The van der Waals surface area contributed by atoms with E-state index in [-0.39, 0.29) is 16.4 Å². The number of hydrogen-bond donors (Lipinski definition) is 1. The van der Waals surface area contributed by atoms with Crippen molar-refractivity contribution in [1.82, 2.24) is 4.98 Å². The van der Waals surface area contributed by atoms with Crippen LogP contribution in [0.25, 0.3) is 10.9 Å². The van der Waals surface area contributed by atoms with Gasteiger partial charge in [-0.1, -0.05) is 18.2 Å². The number of hydrogen-bond acceptors (Lipinski definition) is 2. The molecule has 0 saturated heterocycles. The highest BCUT2D eigenvalue weighted by atomic mass is 32.2. The van der Waals surface area contributed by atoms with Gasteiger partial charge in [-0.05, 0) is 24.3 Å². The SMILES string of the molecule is O=C(CSc1cc(F)ccc1F)c1c[nH]c2ccccc12. The Balaban J connectivity index is 1.79. The fourth-order valence-corrected chi connectivity index (χ4v) is 2.96. The molecule has 5 heteroatoms. The first-order valence-electron chi connectivity index (χ1n) is 6.32. The summed E-state index contributed by atoms with van der Waals surface area (Å²) in [5.74, 6) is -1.10. The largest absolute Gasteiger partial charge is 0.360 e. The van der Waals surface area contributed by atoms with Crippen molar-refractivity contribution in [3.63, 3.8) is 0 Å². The summed E-state index contributed by atoms with van der Waals surface area (Å²) in [7, 11) is 0. The van der Waals surface area contributed by atoms with Crippen LogP contribution in [0.4, 0.5) is 8.78 Å². The van der Waals surface area contributed by atoms with Gasteiger partial charge in [0.15, 0.2) is 5.78 Å². The van der Waals surface area contributed by atoms with Crippen LogP contribution in [0.15, 0.2) is 53.6 Å². The van der Waals surface area contributed by atoms with Crippen molar-refractivity contribution in [2.75, 3.05) is 5.75 Å². The van der Waals surface area contributed by atoms with Crippen LogP contribution in [0.2, 0.25) is 0 Å². The number of aromatic nitrogens is 1. The summed E-state index contributed by atoms with van der Waals surface area (Å²) in [4.78, 5) is 15.4. The molecule has 0 radical (unpaired) electrons. The number of aromatic amines is 1. The molecule has 3 rings (SSSR count). The Morgan fingerprint density at radius 1 is 1.14 bits per heavy atom. The molecule has 0 aliphatic rings. The summed E-state index contributed by atoms with van der Waals surface area (Å²) in [5, 5.41) is 0.836. The van der Waals surface area contributed by atoms with Crippen molar-refractivity contribution in [2.24, 2.45) is 0 Å². The molecular formula is C16H11F2NOS. The Morgan fingerprint density at radius 2 is 1.95 bits per heavy atom. The van der Waals surface area contributed by atoms with Crippen molar-refractivity contribution in [3.05, 3.63) is 65.9 Å². The Labute approximate surface area is 124 Å². The maximum atomic E-state index is 13.5. The molecule has 0 aliphatic heterocycles. The van der Waals surface area contributed by atoms with Gasteiger partial charge in [0.05, 0.1) is 5.75 Å². The van der Waals surface area contributed by atoms with Gasteiger partial charge in [-0.2, -0.15) is 0 Å². The fourth-order valence-electron chi connectivity index (χ4n) is 2.11. The molecule has 0 aliphatic carbocycles. The number of fused-ring (bicyclic) bond motifs is 1. The first-order chi connectivity index (χ1) is 10.1. The number of ketones is 1. The number of Topliss-reactive ketones (excluding diaryl/α,β-unsaturated/α-hetero) is 1. The third-order valence-corrected chi connectivity index (χ3v) is 4.17. The van der Waals surface area contributed by atoms with E-state index in [4.69, 9.17) is 0 Å². The molecule has 2 nitrogen and oxygen atoms in total. The number of rotatable bonds is 4. The molecule has 1 heterocycles. The monoisotopic (exact) mass is 303 g/mol. The summed E-state index contributed by atoms with van der Waals surface area (Å²) in [6, 6.07) is 10.7.